The van der Waals surface area contributed by atoms with Gasteiger partial charge in [-0.3, -0.25) is 4.90 Å². The third-order valence-electron chi connectivity index (χ3n) is 4.89. The minimum Gasteiger partial charge on any atom is -0.463 e. The average Bonchev–Trinajstić information content (AvgIpc) is 2.96. The standard InChI is InChI=1S/C18H20Cl2N2O5S/c1-3-27-17(23)14-10(2)22(11-7-8-28(25,26)9-11)18(24)21-16(14)12-5-4-6-13(19)15(12)20/h4-6,11,16H,3,7-9H2,1-2H3,(H,21,24)/t11-,16-/m1/s1. The Labute approximate surface area is 173 Å². The predicted molar refractivity (Wildman–Crippen MR) is 106 cm³/mol. The molecule has 0 radical (unpaired) electrons. The molecule has 2 aliphatic rings. The van der Waals surface area contributed by atoms with E-state index in [1.807, 2.05) is 0 Å². The zero-order valence-electron chi connectivity index (χ0n) is 15.4. The predicted octanol–water partition coefficient (Wildman–Crippen LogP) is 3.08. The maximum Gasteiger partial charge on any atom is 0.338 e. The first kappa shape index (κ1) is 21.0. The fourth-order valence-corrected chi connectivity index (χ4v) is 5.74. The first-order chi connectivity index (χ1) is 13.2. The molecule has 0 saturated carbocycles. The first-order valence-electron chi connectivity index (χ1n) is 8.78. The number of rotatable bonds is 4. The molecule has 10 heteroatoms. The molecule has 0 aromatic heterocycles. The van der Waals surface area contributed by atoms with Gasteiger partial charge >= 0.3 is 12.0 Å². The van der Waals surface area contributed by atoms with E-state index in [0.717, 1.165) is 0 Å². The molecule has 0 bridgehead atoms. The zero-order chi connectivity index (χ0) is 20.6. The molecule has 1 aromatic carbocycles. The van der Waals surface area contributed by atoms with Crippen LogP contribution in [0.3, 0.4) is 0 Å². The molecule has 2 heterocycles. The lowest BCUT2D eigenvalue weighted by atomic mass is 9.94. The number of nitrogens with zero attached hydrogens (tertiary/aromatic N) is 1. The van der Waals surface area contributed by atoms with Gasteiger partial charge in [-0.05, 0) is 31.9 Å². The maximum absolute atomic E-state index is 12.9. The number of urea groups is 1. The van der Waals surface area contributed by atoms with Crippen LogP contribution in [0.1, 0.15) is 31.9 Å². The van der Waals surface area contributed by atoms with Crippen molar-refractivity contribution < 1.29 is 22.7 Å². The second kappa shape index (κ2) is 7.93. The van der Waals surface area contributed by atoms with Crippen LogP contribution in [0.2, 0.25) is 10.0 Å². The number of carbonyl (C=O) groups is 2. The van der Waals surface area contributed by atoms with Crippen LogP contribution in [0.25, 0.3) is 0 Å². The minimum atomic E-state index is -3.22. The minimum absolute atomic E-state index is 0.00696. The Morgan fingerprint density at radius 1 is 1.36 bits per heavy atom. The highest BCUT2D eigenvalue weighted by Crippen LogP contribution is 2.38. The number of allylic oxidation sites excluding steroid dienone is 1. The summed E-state index contributed by atoms with van der Waals surface area (Å²) in [5.74, 6) is -0.740. The average molecular weight is 447 g/mol. The molecule has 1 aromatic rings. The van der Waals surface area contributed by atoms with Crippen LogP contribution in [-0.2, 0) is 19.4 Å². The van der Waals surface area contributed by atoms with Gasteiger partial charge < -0.3 is 10.1 Å². The zero-order valence-corrected chi connectivity index (χ0v) is 17.7. The monoisotopic (exact) mass is 446 g/mol. The van der Waals surface area contributed by atoms with E-state index < -0.39 is 33.9 Å². The molecule has 1 saturated heterocycles. The summed E-state index contributed by atoms with van der Waals surface area (Å²) in [5.41, 5.74) is 1.02. The smallest absolute Gasteiger partial charge is 0.338 e. The summed E-state index contributed by atoms with van der Waals surface area (Å²) < 4.78 is 29.0. The number of carbonyl (C=O) groups excluding carboxylic acids is 2. The third-order valence-corrected chi connectivity index (χ3v) is 7.47. The Hall–Kier alpha value is -1.77. The number of esters is 1. The quantitative estimate of drug-likeness (QED) is 0.717. The van der Waals surface area contributed by atoms with Crippen LogP contribution in [0.5, 0.6) is 0 Å². The summed E-state index contributed by atoms with van der Waals surface area (Å²) in [6.45, 7) is 3.44. The highest BCUT2D eigenvalue weighted by atomic mass is 35.5. The number of benzene rings is 1. The van der Waals surface area contributed by atoms with E-state index in [1.54, 1.807) is 32.0 Å². The van der Waals surface area contributed by atoms with Gasteiger partial charge in [0.2, 0.25) is 0 Å². The lowest BCUT2D eigenvalue weighted by Crippen LogP contribution is -2.52. The van der Waals surface area contributed by atoms with Gasteiger partial charge in [0.05, 0.1) is 45.8 Å². The van der Waals surface area contributed by atoms with Crippen LogP contribution in [0.15, 0.2) is 29.5 Å². The van der Waals surface area contributed by atoms with Gasteiger partial charge in [0.25, 0.3) is 0 Å². The molecule has 0 unspecified atom stereocenters. The second-order valence-electron chi connectivity index (χ2n) is 6.67. The highest BCUT2D eigenvalue weighted by molar-refractivity contribution is 7.91. The van der Waals surface area contributed by atoms with Gasteiger partial charge in [0, 0.05) is 5.70 Å². The fraction of sp³-hybridized carbons (Fsp3) is 0.444. The first-order valence-corrected chi connectivity index (χ1v) is 11.4. The molecule has 152 valence electrons. The Morgan fingerprint density at radius 2 is 2.07 bits per heavy atom. The molecular weight excluding hydrogens is 427 g/mol. The fourth-order valence-electron chi connectivity index (χ4n) is 3.63. The van der Waals surface area contributed by atoms with Gasteiger partial charge in [-0.15, -0.1) is 0 Å². The Morgan fingerprint density at radius 3 is 2.68 bits per heavy atom. The van der Waals surface area contributed by atoms with E-state index in [2.05, 4.69) is 5.32 Å². The van der Waals surface area contributed by atoms with E-state index in [9.17, 15) is 18.0 Å². The van der Waals surface area contributed by atoms with E-state index in [4.69, 9.17) is 27.9 Å². The number of amides is 2. The van der Waals surface area contributed by atoms with Gasteiger partial charge in [-0.2, -0.15) is 0 Å². The van der Waals surface area contributed by atoms with Gasteiger partial charge in [0.15, 0.2) is 9.84 Å². The van der Waals surface area contributed by atoms with Crippen LogP contribution in [-0.4, -0.2) is 49.5 Å². The largest absolute Gasteiger partial charge is 0.463 e. The SMILES string of the molecule is CCOC(=O)C1=C(C)N([C@@H]2CCS(=O)(=O)C2)C(=O)N[C@@H]1c1cccc(Cl)c1Cl. The molecule has 0 spiro atoms. The van der Waals surface area contributed by atoms with Crippen molar-refractivity contribution in [2.75, 3.05) is 18.1 Å². The topological polar surface area (TPSA) is 92.8 Å². The number of hydrogen-bond acceptors (Lipinski definition) is 5. The van der Waals surface area contributed by atoms with Crippen molar-refractivity contribution in [1.29, 1.82) is 0 Å². The molecule has 3 rings (SSSR count). The summed E-state index contributed by atoms with van der Waals surface area (Å²) in [5, 5.41) is 3.28. The van der Waals surface area contributed by atoms with Crippen molar-refractivity contribution >= 4 is 45.0 Å². The van der Waals surface area contributed by atoms with E-state index in [1.165, 1.54) is 4.90 Å². The van der Waals surface area contributed by atoms with Crippen LogP contribution in [0.4, 0.5) is 4.79 Å². The summed E-state index contributed by atoms with van der Waals surface area (Å²) in [6, 6.07) is 3.06. The lowest BCUT2D eigenvalue weighted by molar-refractivity contribution is -0.139. The normalized spacial score (nSPS) is 24.3. The Balaban J connectivity index is 2.11. The van der Waals surface area contributed by atoms with Crippen LogP contribution < -0.4 is 5.32 Å². The second-order valence-corrected chi connectivity index (χ2v) is 9.69. The lowest BCUT2D eigenvalue weighted by Gasteiger charge is -2.38. The van der Waals surface area contributed by atoms with Crippen molar-refractivity contribution in [3.8, 4) is 0 Å². The van der Waals surface area contributed by atoms with E-state index in [-0.39, 0.29) is 28.7 Å². The molecule has 2 aliphatic heterocycles. The van der Waals surface area contributed by atoms with Gasteiger partial charge in [-0.1, -0.05) is 35.3 Å². The highest BCUT2D eigenvalue weighted by Gasteiger charge is 2.43. The number of hydrogen-bond donors (Lipinski definition) is 1. The third kappa shape index (κ3) is 3.86. The summed E-state index contributed by atoms with van der Waals surface area (Å²) >= 11 is 12.4. The molecule has 28 heavy (non-hydrogen) atoms. The van der Waals surface area contributed by atoms with E-state index in [0.29, 0.717) is 22.7 Å². The summed E-state index contributed by atoms with van der Waals surface area (Å²) in [4.78, 5) is 26.9. The molecule has 1 N–H and O–H groups in total. The van der Waals surface area contributed by atoms with Crippen molar-refractivity contribution in [2.45, 2.75) is 32.4 Å². The van der Waals surface area contributed by atoms with Crippen molar-refractivity contribution in [3.63, 3.8) is 0 Å². The van der Waals surface area contributed by atoms with Crippen molar-refractivity contribution in [2.24, 2.45) is 0 Å². The van der Waals surface area contributed by atoms with Crippen molar-refractivity contribution in [3.05, 3.63) is 45.1 Å². The summed E-state index contributed by atoms with van der Waals surface area (Å²) in [6.07, 6.45) is 0.311. The van der Waals surface area contributed by atoms with Crippen LogP contribution in [0, 0.1) is 0 Å². The molecule has 0 aliphatic carbocycles. The maximum atomic E-state index is 12.9. The number of nitrogens with one attached hydrogen (secondary N) is 1. The van der Waals surface area contributed by atoms with Gasteiger partial charge in [0.1, 0.15) is 0 Å². The molecular formula is C18H20Cl2N2O5S. The number of ether oxygens (including phenoxy) is 1. The molecule has 1 fully saturated rings. The Bertz CT molecular complexity index is 961. The summed E-state index contributed by atoms with van der Waals surface area (Å²) in [7, 11) is -3.22. The van der Waals surface area contributed by atoms with E-state index >= 15 is 0 Å². The van der Waals surface area contributed by atoms with Crippen molar-refractivity contribution in [1.82, 2.24) is 10.2 Å². The number of sulfone groups is 1. The molecule has 2 atom stereocenters. The Kier molecular flexibility index (Phi) is 5.93. The van der Waals surface area contributed by atoms with Crippen LogP contribution >= 0.6 is 23.2 Å². The van der Waals surface area contributed by atoms with Gasteiger partial charge in [-0.25, -0.2) is 18.0 Å². The molecule has 2 amide bonds. The molecule has 7 nitrogen and oxygen atoms in total. The number of halogens is 2.